The Morgan fingerprint density at radius 2 is 2.00 bits per heavy atom. The van der Waals surface area contributed by atoms with Gasteiger partial charge in [0.2, 0.25) is 0 Å². The molecule has 0 fully saturated rings. The maximum absolute atomic E-state index is 6.16. The molecule has 1 aromatic heterocycles. The molecule has 1 unspecified atom stereocenters. The molecule has 0 radical (unpaired) electrons. The van der Waals surface area contributed by atoms with Crippen molar-refractivity contribution in [3.63, 3.8) is 0 Å². The van der Waals surface area contributed by atoms with Gasteiger partial charge >= 0.3 is 0 Å². The Labute approximate surface area is 95.1 Å². The predicted octanol–water partition coefficient (Wildman–Crippen LogP) is 1.43. The molecule has 1 aromatic carbocycles. The summed E-state index contributed by atoms with van der Waals surface area (Å²) >= 11 is 0. The van der Waals surface area contributed by atoms with Crippen molar-refractivity contribution >= 4 is 0 Å². The Kier molecular flexibility index (Phi) is 3.01. The molecule has 0 spiro atoms. The molecular weight excluding hydrogens is 200 g/mol. The summed E-state index contributed by atoms with van der Waals surface area (Å²) in [6.45, 7) is 2.03. The summed E-state index contributed by atoms with van der Waals surface area (Å²) in [7, 11) is 1.88. The van der Waals surface area contributed by atoms with Gasteiger partial charge in [-0.2, -0.15) is 5.10 Å². The van der Waals surface area contributed by atoms with E-state index in [4.69, 9.17) is 5.73 Å². The van der Waals surface area contributed by atoms with Crippen molar-refractivity contribution in [2.75, 3.05) is 0 Å². The van der Waals surface area contributed by atoms with E-state index < -0.39 is 0 Å². The van der Waals surface area contributed by atoms with Crippen molar-refractivity contribution in [2.24, 2.45) is 12.8 Å². The maximum atomic E-state index is 6.16. The van der Waals surface area contributed by atoms with Crippen LogP contribution in [0.5, 0.6) is 0 Å². The summed E-state index contributed by atoms with van der Waals surface area (Å²) in [5.74, 6) is 1.65. The van der Waals surface area contributed by atoms with Crippen LogP contribution < -0.4 is 5.73 Å². The minimum Gasteiger partial charge on any atom is -0.318 e. The molecule has 2 N–H and O–H groups in total. The lowest BCUT2D eigenvalue weighted by atomic mass is 10.1. The number of hydrogen-bond donors (Lipinski definition) is 1. The van der Waals surface area contributed by atoms with E-state index in [9.17, 15) is 0 Å². The van der Waals surface area contributed by atoms with E-state index in [1.54, 1.807) is 4.68 Å². The van der Waals surface area contributed by atoms with E-state index in [1.165, 1.54) is 0 Å². The average Bonchev–Trinajstić information content (AvgIpc) is 2.71. The van der Waals surface area contributed by atoms with Crippen LogP contribution in [0.1, 0.15) is 30.2 Å². The Morgan fingerprint density at radius 3 is 2.56 bits per heavy atom. The van der Waals surface area contributed by atoms with Crippen LogP contribution in [-0.4, -0.2) is 14.8 Å². The van der Waals surface area contributed by atoms with E-state index >= 15 is 0 Å². The van der Waals surface area contributed by atoms with Gasteiger partial charge in [-0.15, -0.1) is 0 Å². The lowest BCUT2D eigenvalue weighted by Crippen LogP contribution is -2.16. The smallest absolute Gasteiger partial charge is 0.150 e. The molecule has 0 amide bonds. The third kappa shape index (κ3) is 1.97. The Bertz CT molecular complexity index is 461. The van der Waals surface area contributed by atoms with Gasteiger partial charge in [0.05, 0.1) is 6.04 Å². The molecule has 0 saturated heterocycles. The molecule has 2 aromatic rings. The largest absolute Gasteiger partial charge is 0.318 e. The summed E-state index contributed by atoms with van der Waals surface area (Å²) in [5.41, 5.74) is 7.22. The third-order valence-electron chi connectivity index (χ3n) is 2.59. The first-order chi connectivity index (χ1) is 7.72. The summed E-state index contributed by atoms with van der Waals surface area (Å²) in [6.07, 6.45) is 0.829. The number of aryl methyl sites for hydroxylation is 2. The van der Waals surface area contributed by atoms with Crippen molar-refractivity contribution < 1.29 is 0 Å². The monoisotopic (exact) mass is 216 g/mol. The second kappa shape index (κ2) is 4.45. The summed E-state index contributed by atoms with van der Waals surface area (Å²) in [6, 6.07) is 9.73. The van der Waals surface area contributed by atoms with E-state index in [1.807, 2.05) is 44.3 Å². The maximum Gasteiger partial charge on any atom is 0.150 e. The number of benzene rings is 1. The molecule has 2 rings (SSSR count). The van der Waals surface area contributed by atoms with E-state index in [0.717, 1.165) is 23.6 Å². The zero-order valence-electron chi connectivity index (χ0n) is 9.59. The number of aromatic nitrogens is 3. The van der Waals surface area contributed by atoms with Crippen LogP contribution in [0.4, 0.5) is 0 Å². The number of nitrogens with zero attached hydrogens (tertiary/aromatic N) is 3. The van der Waals surface area contributed by atoms with Crippen LogP contribution in [0.3, 0.4) is 0 Å². The van der Waals surface area contributed by atoms with Crippen LogP contribution in [0.2, 0.25) is 0 Å². The van der Waals surface area contributed by atoms with Crippen molar-refractivity contribution in [3.8, 4) is 0 Å². The van der Waals surface area contributed by atoms with Gasteiger partial charge in [-0.1, -0.05) is 37.3 Å². The molecule has 1 atom stereocenters. The first-order valence-corrected chi connectivity index (χ1v) is 5.42. The lowest BCUT2D eigenvalue weighted by Gasteiger charge is -2.10. The minimum absolute atomic E-state index is 0.209. The Balaban J connectivity index is 2.33. The van der Waals surface area contributed by atoms with Crippen LogP contribution in [0.15, 0.2) is 30.3 Å². The van der Waals surface area contributed by atoms with E-state index in [0.29, 0.717) is 0 Å². The molecule has 0 bridgehead atoms. The summed E-state index contributed by atoms with van der Waals surface area (Å²) in [5, 5.41) is 4.30. The second-order valence-electron chi connectivity index (χ2n) is 3.75. The van der Waals surface area contributed by atoms with Gasteiger partial charge in [-0.3, -0.25) is 4.68 Å². The van der Waals surface area contributed by atoms with Gasteiger partial charge in [0.25, 0.3) is 0 Å². The first kappa shape index (κ1) is 10.8. The molecule has 4 heteroatoms. The van der Waals surface area contributed by atoms with Crippen molar-refractivity contribution in [1.29, 1.82) is 0 Å². The van der Waals surface area contributed by atoms with Crippen molar-refractivity contribution in [3.05, 3.63) is 47.5 Å². The number of hydrogen-bond acceptors (Lipinski definition) is 3. The Morgan fingerprint density at radius 1 is 1.31 bits per heavy atom. The fourth-order valence-electron chi connectivity index (χ4n) is 1.68. The van der Waals surface area contributed by atoms with Crippen molar-refractivity contribution in [1.82, 2.24) is 14.8 Å². The molecule has 0 saturated carbocycles. The molecule has 0 aliphatic carbocycles. The highest BCUT2D eigenvalue weighted by atomic mass is 15.3. The molecule has 1 heterocycles. The van der Waals surface area contributed by atoms with Crippen molar-refractivity contribution in [2.45, 2.75) is 19.4 Å². The van der Waals surface area contributed by atoms with Crippen LogP contribution >= 0.6 is 0 Å². The number of nitrogens with two attached hydrogens (primary N) is 1. The van der Waals surface area contributed by atoms with Crippen LogP contribution in [-0.2, 0) is 13.5 Å². The molecular formula is C12H16N4. The van der Waals surface area contributed by atoms with Crippen LogP contribution in [0.25, 0.3) is 0 Å². The topological polar surface area (TPSA) is 56.7 Å². The average molecular weight is 216 g/mol. The van der Waals surface area contributed by atoms with Crippen LogP contribution in [0, 0.1) is 0 Å². The molecule has 84 valence electrons. The normalized spacial score (nSPS) is 12.7. The molecule has 16 heavy (non-hydrogen) atoms. The van der Waals surface area contributed by atoms with Gasteiger partial charge in [-0.25, -0.2) is 4.98 Å². The molecule has 0 aliphatic heterocycles. The van der Waals surface area contributed by atoms with E-state index in [2.05, 4.69) is 10.1 Å². The van der Waals surface area contributed by atoms with Gasteiger partial charge in [0.1, 0.15) is 5.82 Å². The highest BCUT2D eigenvalue weighted by Gasteiger charge is 2.15. The third-order valence-corrected chi connectivity index (χ3v) is 2.59. The van der Waals surface area contributed by atoms with Gasteiger partial charge in [-0.05, 0) is 5.56 Å². The fourth-order valence-corrected chi connectivity index (χ4v) is 1.68. The standard InChI is InChI=1S/C12H16N4/c1-3-10-14-12(16(2)15-10)11(13)9-7-5-4-6-8-9/h4-8,11H,3,13H2,1-2H3. The SMILES string of the molecule is CCc1nc(C(N)c2ccccc2)n(C)n1. The first-order valence-electron chi connectivity index (χ1n) is 5.42. The summed E-state index contributed by atoms with van der Waals surface area (Å²) in [4.78, 5) is 4.43. The van der Waals surface area contributed by atoms with E-state index in [-0.39, 0.29) is 6.04 Å². The summed E-state index contributed by atoms with van der Waals surface area (Å²) < 4.78 is 1.76. The number of rotatable bonds is 3. The molecule has 4 nitrogen and oxygen atoms in total. The Hall–Kier alpha value is -1.68. The fraction of sp³-hybridized carbons (Fsp3) is 0.333. The van der Waals surface area contributed by atoms with Gasteiger partial charge in [0, 0.05) is 13.5 Å². The quantitative estimate of drug-likeness (QED) is 0.844. The molecule has 0 aliphatic rings. The van der Waals surface area contributed by atoms with Gasteiger partial charge in [0.15, 0.2) is 5.82 Å². The highest BCUT2D eigenvalue weighted by molar-refractivity contribution is 5.24. The lowest BCUT2D eigenvalue weighted by molar-refractivity contribution is 0.656. The van der Waals surface area contributed by atoms with Gasteiger partial charge < -0.3 is 5.73 Å². The zero-order chi connectivity index (χ0) is 11.5. The second-order valence-corrected chi connectivity index (χ2v) is 3.75. The predicted molar refractivity (Wildman–Crippen MR) is 62.9 cm³/mol. The highest BCUT2D eigenvalue weighted by Crippen LogP contribution is 2.16. The minimum atomic E-state index is -0.209. The zero-order valence-corrected chi connectivity index (χ0v) is 9.59.